The van der Waals surface area contributed by atoms with Gasteiger partial charge < -0.3 is 4.84 Å². The van der Waals surface area contributed by atoms with E-state index >= 15 is 0 Å². The van der Waals surface area contributed by atoms with Gasteiger partial charge in [0.05, 0.1) is 7.11 Å². The SMILES string of the molecule is CCC[C@H](C)[C@]1(C)CCCCN1OC. The van der Waals surface area contributed by atoms with Gasteiger partial charge in [0.2, 0.25) is 0 Å². The Bertz CT molecular complexity index is 172. The summed E-state index contributed by atoms with van der Waals surface area (Å²) in [7, 11) is 1.81. The zero-order valence-electron chi connectivity index (χ0n) is 10.2. The lowest BCUT2D eigenvalue weighted by molar-refractivity contribution is -0.226. The van der Waals surface area contributed by atoms with E-state index in [9.17, 15) is 0 Å². The Morgan fingerprint density at radius 2 is 2.14 bits per heavy atom. The molecule has 14 heavy (non-hydrogen) atoms. The molecule has 0 saturated carbocycles. The Labute approximate surface area is 88.6 Å². The summed E-state index contributed by atoms with van der Waals surface area (Å²) in [5.41, 5.74) is 0.267. The smallest absolute Gasteiger partial charge is 0.0575 e. The number of hydrogen-bond acceptors (Lipinski definition) is 2. The molecule has 0 aromatic rings. The van der Waals surface area contributed by atoms with Crippen molar-refractivity contribution in [3.8, 4) is 0 Å². The van der Waals surface area contributed by atoms with E-state index in [-0.39, 0.29) is 5.54 Å². The van der Waals surface area contributed by atoms with E-state index in [1.54, 1.807) is 0 Å². The third kappa shape index (κ3) is 2.29. The quantitative estimate of drug-likeness (QED) is 0.689. The molecule has 0 bridgehead atoms. The zero-order valence-corrected chi connectivity index (χ0v) is 10.2. The van der Waals surface area contributed by atoms with Crippen LogP contribution >= 0.6 is 0 Å². The van der Waals surface area contributed by atoms with Crippen LogP contribution in [0.3, 0.4) is 0 Å². The molecule has 2 atom stereocenters. The molecule has 1 saturated heterocycles. The van der Waals surface area contributed by atoms with Gasteiger partial charge in [0.15, 0.2) is 0 Å². The molecule has 0 spiro atoms. The highest BCUT2D eigenvalue weighted by atomic mass is 16.7. The molecule has 1 aliphatic rings. The van der Waals surface area contributed by atoms with E-state index < -0.39 is 0 Å². The van der Waals surface area contributed by atoms with Crippen molar-refractivity contribution in [1.29, 1.82) is 0 Å². The summed E-state index contributed by atoms with van der Waals surface area (Å²) in [4.78, 5) is 5.51. The first-order valence-corrected chi connectivity index (χ1v) is 5.97. The van der Waals surface area contributed by atoms with Gasteiger partial charge in [-0.05, 0) is 32.1 Å². The van der Waals surface area contributed by atoms with Crippen LogP contribution < -0.4 is 0 Å². The van der Waals surface area contributed by atoms with Crippen LogP contribution in [0.2, 0.25) is 0 Å². The maximum Gasteiger partial charge on any atom is 0.0575 e. The van der Waals surface area contributed by atoms with Gasteiger partial charge in [0.25, 0.3) is 0 Å². The molecule has 0 aromatic heterocycles. The van der Waals surface area contributed by atoms with Crippen molar-refractivity contribution in [3.05, 3.63) is 0 Å². The third-order valence-corrected chi connectivity index (χ3v) is 3.87. The fourth-order valence-electron chi connectivity index (χ4n) is 2.65. The van der Waals surface area contributed by atoms with E-state index in [2.05, 4.69) is 25.8 Å². The van der Waals surface area contributed by atoms with Gasteiger partial charge in [0.1, 0.15) is 0 Å². The van der Waals surface area contributed by atoms with Gasteiger partial charge in [-0.25, -0.2) is 0 Å². The highest BCUT2D eigenvalue weighted by Gasteiger charge is 2.39. The van der Waals surface area contributed by atoms with Crippen molar-refractivity contribution in [2.24, 2.45) is 5.92 Å². The van der Waals surface area contributed by atoms with Gasteiger partial charge in [-0.3, -0.25) is 0 Å². The van der Waals surface area contributed by atoms with E-state index in [1.165, 1.54) is 32.1 Å². The van der Waals surface area contributed by atoms with Crippen molar-refractivity contribution in [2.45, 2.75) is 58.4 Å². The molecule has 1 heterocycles. The molecule has 2 nitrogen and oxygen atoms in total. The van der Waals surface area contributed by atoms with Gasteiger partial charge >= 0.3 is 0 Å². The summed E-state index contributed by atoms with van der Waals surface area (Å²) >= 11 is 0. The lowest BCUT2D eigenvalue weighted by Crippen LogP contribution is -2.53. The number of rotatable bonds is 4. The predicted molar refractivity (Wildman–Crippen MR) is 60.0 cm³/mol. The number of hydroxylamine groups is 2. The van der Waals surface area contributed by atoms with E-state index in [1.807, 2.05) is 7.11 Å². The second kappa shape index (κ2) is 5.13. The Kier molecular flexibility index (Phi) is 4.39. The fourth-order valence-corrected chi connectivity index (χ4v) is 2.65. The van der Waals surface area contributed by atoms with Crippen molar-refractivity contribution in [2.75, 3.05) is 13.7 Å². The molecule has 0 N–H and O–H groups in total. The Morgan fingerprint density at radius 3 is 2.71 bits per heavy atom. The van der Waals surface area contributed by atoms with Crippen LogP contribution in [0.1, 0.15) is 52.9 Å². The van der Waals surface area contributed by atoms with Crippen LogP contribution in [0.5, 0.6) is 0 Å². The lowest BCUT2D eigenvalue weighted by Gasteiger charge is -2.47. The molecule has 1 rings (SSSR count). The molecule has 0 radical (unpaired) electrons. The van der Waals surface area contributed by atoms with Gasteiger partial charge in [0, 0.05) is 12.1 Å². The minimum Gasteiger partial charge on any atom is -0.302 e. The summed E-state index contributed by atoms with van der Waals surface area (Å²) in [6.45, 7) is 8.08. The fraction of sp³-hybridized carbons (Fsp3) is 1.00. The average Bonchev–Trinajstić information content (AvgIpc) is 2.19. The largest absolute Gasteiger partial charge is 0.302 e. The van der Waals surface area contributed by atoms with Crippen molar-refractivity contribution in [3.63, 3.8) is 0 Å². The summed E-state index contributed by atoms with van der Waals surface area (Å²) < 4.78 is 0. The molecule has 0 amide bonds. The summed E-state index contributed by atoms with van der Waals surface area (Å²) in [6, 6.07) is 0. The summed E-state index contributed by atoms with van der Waals surface area (Å²) in [6.07, 6.45) is 6.49. The molecule has 1 fully saturated rings. The molecular formula is C12H25NO. The lowest BCUT2D eigenvalue weighted by atomic mass is 9.77. The topological polar surface area (TPSA) is 12.5 Å². The third-order valence-electron chi connectivity index (χ3n) is 3.87. The van der Waals surface area contributed by atoms with Crippen LogP contribution in [0.25, 0.3) is 0 Å². The standard InChI is InChI=1S/C12H25NO/c1-5-8-11(2)12(3)9-6-7-10-13(12)14-4/h11H,5-10H2,1-4H3/t11-,12-/m0/s1. The van der Waals surface area contributed by atoms with Gasteiger partial charge in [-0.1, -0.05) is 26.7 Å². The average molecular weight is 199 g/mol. The van der Waals surface area contributed by atoms with Crippen LogP contribution in [-0.4, -0.2) is 24.3 Å². The zero-order chi connectivity index (χ0) is 10.6. The summed E-state index contributed by atoms with van der Waals surface area (Å²) in [5, 5.41) is 2.21. The maximum absolute atomic E-state index is 5.51. The monoisotopic (exact) mass is 199 g/mol. The highest BCUT2D eigenvalue weighted by molar-refractivity contribution is 4.90. The Hall–Kier alpha value is -0.0800. The predicted octanol–water partition coefficient (Wildman–Crippen LogP) is 3.23. The van der Waals surface area contributed by atoms with Crippen LogP contribution in [0.15, 0.2) is 0 Å². The van der Waals surface area contributed by atoms with E-state index in [0.29, 0.717) is 0 Å². The van der Waals surface area contributed by atoms with Gasteiger partial charge in [-0.15, -0.1) is 0 Å². The normalized spacial score (nSPS) is 31.7. The van der Waals surface area contributed by atoms with Crippen LogP contribution in [0, 0.1) is 5.92 Å². The molecule has 2 heteroatoms. The number of piperidine rings is 1. The molecule has 0 aromatic carbocycles. The molecule has 84 valence electrons. The maximum atomic E-state index is 5.51. The highest BCUT2D eigenvalue weighted by Crippen LogP contribution is 2.36. The molecule has 0 unspecified atom stereocenters. The Morgan fingerprint density at radius 1 is 1.43 bits per heavy atom. The molecule has 1 aliphatic heterocycles. The minimum atomic E-state index is 0.267. The molecular weight excluding hydrogens is 174 g/mol. The number of nitrogens with zero attached hydrogens (tertiary/aromatic N) is 1. The van der Waals surface area contributed by atoms with E-state index in [0.717, 1.165) is 12.5 Å². The number of hydrogen-bond donors (Lipinski definition) is 0. The first-order valence-electron chi connectivity index (χ1n) is 5.97. The molecule has 0 aliphatic carbocycles. The van der Waals surface area contributed by atoms with E-state index in [4.69, 9.17) is 4.84 Å². The van der Waals surface area contributed by atoms with Gasteiger partial charge in [-0.2, -0.15) is 5.06 Å². The van der Waals surface area contributed by atoms with Crippen LogP contribution in [-0.2, 0) is 4.84 Å². The second-order valence-corrected chi connectivity index (χ2v) is 4.79. The van der Waals surface area contributed by atoms with Crippen molar-refractivity contribution < 1.29 is 4.84 Å². The first-order chi connectivity index (χ1) is 6.65. The van der Waals surface area contributed by atoms with Crippen molar-refractivity contribution >= 4 is 0 Å². The minimum absolute atomic E-state index is 0.267. The van der Waals surface area contributed by atoms with Crippen LogP contribution in [0.4, 0.5) is 0 Å². The second-order valence-electron chi connectivity index (χ2n) is 4.79. The Balaban J connectivity index is 2.66. The summed E-state index contributed by atoms with van der Waals surface area (Å²) in [5.74, 6) is 0.729. The van der Waals surface area contributed by atoms with Crippen molar-refractivity contribution in [1.82, 2.24) is 5.06 Å². The first kappa shape index (κ1) is 12.0.